The van der Waals surface area contributed by atoms with Crippen LogP contribution in [0, 0.1) is 5.92 Å². The van der Waals surface area contributed by atoms with E-state index in [9.17, 15) is 14.7 Å². The van der Waals surface area contributed by atoms with Crippen LogP contribution in [-0.2, 0) is 14.3 Å². The summed E-state index contributed by atoms with van der Waals surface area (Å²) in [6.45, 7) is 3.68. The topological polar surface area (TPSA) is 75.6 Å². The average molecular weight is 279 g/mol. The Morgan fingerprint density at radius 1 is 1.30 bits per heavy atom. The summed E-state index contributed by atoms with van der Waals surface area (Å²) in [5.74, 6) is -1.62. The van der Waals surface area contributed by atoms with Crippen molar-refractivity contribution in [2.75, 3.05) is 7.11 Å². The van der Waals surface area contributed by atoms with Crippen LogP contribution in [0.3, 0.4) is 0 Å². The molecule has 0 saturated carbocycles. The van der Waals surface area contributed by atoms with E-state index in [2.05, 4.69) is 5.32 Å². The number of aliphatic carboxylic acids is 1. The van der Waals surface area contributed by atoms with E-state index in [1.165, 1.54) is 7.11 Å². The van der Waals surface area contributed by atoms with E-state index in [4.69, 9.17) is 4.74 Å². The molecule has 110 valence electrons. The molecule has 2 N–H and O–H groups in total. The summed E-state index contributed by atoms with van der Waals surface area (Å²) in [6.07, 6.45) is -0.137. The summed E-state index contributed by atoms with van der Waals surface area (Å²) in [5.41, 5.74) is 0.695. The summed E-state index contributed by atoms with van der Waals surface area (Å²) >= 11 is 0. The van der Waals surface area contributed by atoms with Crippen molar-refractivity contribution in [1.82, 2.24) is 5.32 Å². The maximum absolute atomic E-state index is 12.2. The third-order valence-corrected chi connectivity index (χ3v) is 3.35. The molecule has 0 fully saturated rings. The van der Waals surface area contributed by atoms with Crippen molar-refractivity contribution in [3.63, 3.8) is 0 Å². The Balaban J connectivity index is 2.84. The summed E-state index contributed by atoms with van der Waals surface area (Å²) in [6, 6.07) is 8.08. The van der Waals surface area contributed by atoms with Gasteiger partial charge in [0, 0.05) is 7.11 Å². The van der Waals surface area contributed by atoms with Crippen molar-refractivity contribution in [2.45, 2.75) is 32.4 Å². The molecule has 0 unspecified atom stereocenters. The van der Waals surface area contributed by atoms with E-state index in [0.29, 0.717) is 12.0 Å². The van der Waals surface area contributed by atoms with Crippen LogP contribution >= 0.6 is 0 Å². The summed E-state index contributed by atoms with van der Waals surface area (Å²) < 4.78 is 5.19. The van der Waals surface area contributed by atoms with E-state index in [1.807, 2.05) is 13.0 Å². The van der Waals surface area contributed by atoms with Gasteiger partial charge in [-0.05, 0) is 11.5 Å². The minimum absolute atomic E-state index is 0.148. The lowest BCUT2D eigenvalue weighted by atomic mass is 9.98. The molecule has 20 heavy (non-hydrogen) atoms. The number of nitrogens with one attached hydrogen (secondary N) is 1. The van der Waals surface area contributed by atoms with Gasteiger partial charge in [-0.3, -0.25) is 4.79 Å². The third kappa shape index (κ3) is 4.06. The Morgan fingerprint density at radius 2 is 1.90 bits per heavy atom. The summed E-state index contributed by atoms with van der Waals surface area (Å²) in [4.78, 5) is 23.4. The van der Waals surface area contributed by atoms with E-state index in [-0.39, 0.29) is 5.92 Å². The highest BCUT2D eigenvalue weighted by Gasteiger charge is 2.29. The van der Waals surface area contributed by atoms with Crippen LogP contribution in [0.1, 0.15) is 31.9 Å². The van der Waals surface area contributed by atoms with Crippen LogP contribution in [-0.4, -0.2) is 30.1 Å². The van der Waals surface area contributed by atoms with Crippen LogP contribution in [0.25, 0.3) is 0 Å². The lowest BCUT2D eigenvalue weighted by Gasteiger charge is -2.23. The molecule has 0 aliphatic carbocycles. The highest BCUT2D eigenvalue weighted by Crippen LogP contribution is 2.17. The van der Waals surface area contributed by atoms with Crippen LogP contribution in [0.2, 0.25) is 0 Å². The van der Waals surface area contributed by atoms with E-state index in [0.717, 1.165) is 0 Å². The molecule has 0 aromatic heterocycles. The zero-order chi connectivity index (χ0) is 15.1. The molecule has 1 aromatic carbocycles. The Bertz CT molecular complexity index is 446. The maximum atomic E-state index is 12.2. The molecular weight excluding hydrogens is 258 g/mol. The highest BCUT2D eigenvalue weighted by molar-refractivity contribution is 5.87. The second-order valence-corrected chi connectivity index (χ2v) is 4.74. The first-order valence-corrected chi connectivity index (χ1v) is 6.62. The van der Waals surface area contributed by atoms with Crippen LogP contribution in [0.5, 0.6) is 0 Å². The number of amides is 1. The molecule has 1 rings (SSSR count). The molecular formula is C15H21NO4. The molecule has 0 heterocycles. The van der Waals surface area contributed by atoms with Gasteiger partial charge in [-0.15, -0.1) is 0 Å². The van der Waals surface area contributed by atoms with E-state index in [1.54, 1.807) is 31.2 Å². The number of ether oxygens (including phenoxy) is 1. The van der Waals surface area contributed by atoms with Gasteiger partial charge in [-0.1, -0.05) is 50.6 Å². The van der Waals surface area contributed by atoms with Gasteiger partial charge in [-0.25, -0.2) is 4.79 Å². The van der Waals surface area contributed by atoms with Crippen molar-refractivity contribution >= 4 is 11.9 Å². The number of benzene rings is 1. The molecule has 3 atom stereocenters. The van der Waals surface area contributed by atoms with Gasteiger partial charge in [0.15, 0.2) is 6.10 Å². The van der Waals surface area contributed by atoms with Gasteiger partial charge in [0.1, 0.15) is 6.04 Å². The monoisotopic (exact) mass is 279 g/mol. The van der Waals surface area contributed by atoms with Gasteiger partial charge >= 0.3 is 5.97 Å². The normalized spacial score (nSPS) is 15.2. The number of hydrogen-bond donors (Lipinski definition) is 2. The Morgan fingerprint density at radius 3 is 2.35 bits per heavy atom. The molecule has 5 heteroatoms. The second-order valence-electron chi connectivity index (χ2n) is 4.74. The molecule has 1 aromatic rings. The largest absolute Gasteiger partial charge is 0.480 e. The molecule has 5 nitrogen and oxygen atoms in total. The third-order valence-electron chi connectivity index (χ3n) is 3.35. The van der Waals surface area contributed by atoms with Gasteiger partial charge in [0.05, 0.1) is 0 Å². The van der Waals surface area contributed by atoms with Gasteiger partial charge in [0.2, 0.25) is 0 Å². The minimum Gasteiger partial charge on any atom is -0.480 e. The predicted octanol–water partition coefficient (Wildman–Crippen LogP) is 1.99. The fraction of sp³-hybridized carbons (Fsp3) is 0.467. The first kappa shape index (κ1) is 16.2. The Kier molecular flexibility index (Phi) is 6.18. The van der Waals surface area contributed by atoms with Crippen molar-refractivity contribution in [1.29, 1.82) is 0 Å². The zero-order valence-corrected chi connectivity index (χ0v) is 12.0. The second kappa shape index (κ2) is 7.65. The van der Waals surface area contributed by atoms with Crippen LogP contribution < -0.4 is 5.32 Å². The zero-order valence-electron chi connectivity index (χ0n) is 12.0. The summed E-state index contributed by atoms with van der Waals surface area (Å²) in [5, 5.41) is 11.7. The lowest BCUT2D eigenvalue weighted by molar-refractivity contribution is -0.145. The molecule has 0 radical (unpaired) electrons. The fourth-order valence-electron chi connectivity index (χ4n) is 1.93. The number of carbonyl (C=O) groups is 2. The van der Waals surface area contributed by atoms with Crippen LogP contribution in [0.15, 0.2) is 30.3 Å². The molecule has 0 spiro atoms. The Hall–Kier alpha value is -1.88. The molecule has 0 aliphatic rings. The maximum Gasteiger partial charge on any atom is 0.326 e. The fourth-order valence-corrected chi connectivity index (χ4v) is 1.93. The quantitative estimate of drug-likeness (QED) is 0.800. The predicted molar refractivity (Wildman–Crippen MR) is 75.2 cm³/mol. The van der Waals surface area contributed by atoms with Gasteiger partial charge in [0.25, 0.3) is 5.91 Å². The molecule has 0 saturated heterocycles. The number of hydrogen-bond acceptors (Lipinski definition) is 3. The molecule has 0 aliphatic heterocycles. The minimum atomic E-state index is -1.03. The van der Waals surface area contributed by atoms with Crippen LogP contribution in [0.4, 0.5) is 0 Å². The lowest BCUT2D eigenvalue weighted by Crippen LogP contribution is -2.47. The Labute approximate surface area is 118 Å². The number of carboxylic acid groups (broad SMARTS) is 1. The van der Waals surface area contributed by atoms with Crippen molar-refractivity contribution in [3.05, 3.63) is 35.9 Å². The van der Waals surface area contributed by atoms with E-state index < -0.39 is 24.0 Å². The first-order valence-electron chi connectivity index (χ1n) is 6.62. The number of rotatable bonds is 7. The van der Waals surface area contributed by atoms with Gasteiger partial charge < -0.3 is 15.2 Å². The number of carbonyl (C=O) groups excluding carboxylic acids is 1. The first-order chi connectivity index (χ1) is 9.51. The van der Waals surface area contributed by atoms with E-state index >= 15 is 0 Å². The number of methoxy groups -OCH3 is 1. The standard InChI is InChI=1S/C15H21NO4/c1-4-10(2)12(15(18)19)16-14(17)13(20-3)11-8-6-5-7-9-11/h5-10,12-13H,4H2,1-3H3,(H,16,17)(H,18,19)/t10-,12-,13+/m0/s1. The van der Waals surface area contributed by atoms with Crippen molar-refractivity contribution in [3.8, 4) is 0 Å². The SMILES string of the molecule is CC[C@H](C)[C@H](NC(=O)[C@H](OC)c1ccccc1)C(=O)O. The summed E-state index contributed by atoms with van der Waals surface area (Å²) in [7, 11) is 1.43. The van der Waals surface area contributed by atoms with Crippen molar-refractivity contribution in [2.24, 2.45) is 5.92 Å². The molecule has 0 bridgehead atoms. The van der Waals surface area contributed by atoms with Gasteiger partial charge in [-0.2, -0.15) is 0 Å². The number of carboxylic acids is 1. The smallest absolute Gasteiger partial charge is 0.326 e. The average Bonchev–Trinajstić information content (AvgIpc) is 2.45. The molecule has 1 amide bonds. The van der Waals surface area contributed by atoms with Crippen molar-refractivity contribution < 1.29 is 19.4 Å². The highest BCUT2D eigenvalue weighted by atomic mass is 16.5.